The summed E-state index contributed by atoms with van der Waals surface area (Å²) in [6, 6.07) is -0.175. The molecule has 1 atom stereocenters. The van der Waals surface area contributed by atoms with Crippen molar-refractivity contribution in [2.45, 2.75) is 13.0 Å². The number of amides is 1. The lowest BCUT2D eigenvalue weighted by Crippen LogP contribution is -2.52. The zero-order valence-electron chi connectivity index (χ0n) is 10.4. The molecular formula is C10H23Cl2N3O2. The third-order valence-electron chi connectivity index (χ3n) is 2.57. The zero-order chi connectivity index (χ0) is 11.1. The van der Waals surface area contributed by atoms with Gasteiger partial charge in [0.15, 0.2) is 0 Å². The Morgan fingerprint density at radius 1 is 1.53 bits per heavy atom. The lowest BCUT2D eigenvalue weighted by Gasteiger charge is -2.23. The number of carbonyl (C=O) groups excluding carboxylic acids is 1. The number of hydrogen-bond donors (Lipinski definition) is 2. The Hall–Kier alpha value is -0.0700. The molecule has 104 valence electrons. The maximum atomic E-state index is 11.6. The van der Waals surface area contributed by atoms with E-state index in [2.05, 4.69) is 22.5 Å². The highest BCUT2D eigenvalue weighted by atomic mass is 35.5. The molecule has 0 aromatic carbocycles. The highest BCUT2D eigenvalue weighted by Gasteiger charge is 2.20. The van der Waals surface area contributed by atoms with E-state index in [1.807, 2.05) is 7.05 Å². The van der Waals surface area contributed by atoms with Gasteiger partial charge in [-0.15, -0.1) is 24.8 Å². The van der Waals surface area contributed by atoms with Crippen LogP contribution >= 0.6 is 24.8 Å². The second-order valence-corrected chi connectivity index (χ2v) is 3.77. The average Bonchev–Trinajstić information content (AvgIpc) is 2.29. The molecule has 1 amide bonds. The van der Waals surface area contributed by atoms with Crippen LogP contribution in [0.5, 0.6) is 0 Å². The summed E-state index contributed by atoms with van der Waals surface area (Å²) in [6.45, 7) is 6.61. The van der Waals surface area contributed by atoms with Crippen molar-refractivity contribution in [2.24, 2.45) is 0 Å². The van der Waals surface area contributed by atoms with Gasteiger partial charge in [-0.3, -0.25) is 4.79 Å². The van der Waals surface area contributed by atoms with Gasteiger partial charge in [0.1, 0.15) is 6.04 Å². The maximum absolute atomic E-state index is 11.6. The van der Waals surface area contributed by atoms with Crippen molar-refractivity contribution in [2.75, 3.05) is 46.4 Å². The normalized spacial score (nSPS) is 19.1. The quantitative estimate of drug-likeness (QED) is 0.741. The van der Waals surface area contributed by atoms with Crippen molar-refractivity contribution in [1.82, 2.24) is 15.5 Å². The zero-order valence-corrected chi connectivity index (χ0v) is 12.0. The van der Waals surface area contributed by atoms with Gasteiger partial charge in [-0.25, -0.2) is 0 Å². The summed E-state index contributed by atoms with van der Waals surface area (Å²) >= 11 is 0. The minimum absolute atomic E-state index is 0. The molecule has 0 aliphatic carbocycles. The van der Waals surface area contributed by atoms with Crippen LogP contribution in [0.4, 0.5) is 0 Å². The molecule has 1 heterocycles. The standard InChI is InChI=1S/C10H21N3O2.2ClH/c1-3-13(2)6-4-12-10(14)9-8-15-7-5-11-9;;/h9,11H,3-8H2,1-2H3,(H,12,14);2*1H. The second-order valence-electron chi connectivity index (χ2n) is 3.77. The molecule has 1 rings (SSSR count). The summed E-state index contributed by atoms with van der Waals surface area (Å²) < 4.78 is 5.22. The summed E-state index contributed by atoms with van der Waals surface area (Å²) in [4.78, 5) is 13.8. The number of carbonyl (C=O) groups is 1. The molecule has 0 aromatic heterocycles. The maximum Gasteiger partial charge on any atom is 0.239 e. The van der Waals surface area contributed by atoms with Crippen LogP contribution in [0.25, 0.3) is 0 Å². The van der Waals surface area contributed by atoms with Gasteiger partial charge in [0.2, 0.25) is 5.91 Å². The Kier molecular flexibility index (Phi) is 12.5. The summed E-state index contributed by atoms with van der Waals surface area (Å²) in [7, 11) is 2.04. The van der Waals surface area contributed by atoms with Crippen LogP contribution in [-0.2, 0) is 9.53 Å². The fourth-order valence-corrected chi connectivity index (χ4v) is 1.39. The lowest BCUT2D eigenvalue weighted by molar-refractivity contribution is -0.125. The minimum atomic E-state index is -0.175. The van der Waals surface area contributed by atoms with E-state index in [0.717, 1.165) is 19.6 Å². The first kappa shape index (κ1) is 19.3. The molecular weight excluding hydrogens is 265 g/mol. The Labute approximate surface area is 115 Å². The van der Waals surface area contributed by atoms with Gasteiger partial charge >= 0.3 is 0 Å². The van der Waals surface area contributed by atoms with Gasteiger partial charge in [-0.2, -0.15) is 0 Å². The predicted molar refractivity (Wildman–Crippen MR) is 73.3 cm³/mol. The minimum Gasteiger partial charge on any atom is -0.378 e. The molecule has 1 unspecified atom stereocenters. The number of halogens is 2. The summed E-state index contributed by atoms with van der Waals surface area (Å²) in [6.07, 6.45) is 0. The van der Waals surface area contributed by atoms with Crippen LogP contribution in [0.2, 0.25) is 0 Å². The van der Waals surface area contributed by atoms with Gasteiger partial charge in [0.25, 0.3) is 0 Å². The molecule has 0 spiro atoms. The van der Waals surface area contributed by atoms with E-state index in [0.29, 0.717) is 19.8 Å². The number of likely N-dealkylation sites (N-methyl/N-ethyl adjacent to an activating group) is 1. The highest BCUT2D eigenvalue weighted by molar-refractivity contribution is 5.85. The fourth-order valence-electron chi connectivity index (χ4n) is 1.39. The van der Waals surface area contributed by atoms with E-state index in [9.17, 15) is 4.79 Å². The molecule has 2 N–H and O–H groups in total. The van der Waals surface area contributed by atoms with E-state index in [1.54, 1.807) is 0 Å². The van der Waals surface area contributed by atoms with Crippen molar-refractivity contribution >= 4 is 30.7 Å². The lowest BCUT2D eigenvalue weighted by atomic mass is 10.2. The topological polar surface area (TPSA) is 53.6 Å². The number of hydrogen-bond acceptors (Lipinski definition) is 4. The monoisotopic (exact) mass is 287 g/mol. The molecule has 1 aliphatic heterocycles. The van der Waals surface area contributed by atoms with E-state index >= 15 is 0 Å². The van der Waals surface area contributed by atoms with Crippen LogP contribution in [0.1, 0.15) is 6.92 Å². The van der Waals surface area contributed by atoms with Crippen molar-refractivity contribution < 1.29 is 9.53 Å². The Morgan fingerprint density at radius 3 is 2.76 bits per heavy atom. The second kappa shape index (κ2) is 11.0. The van der Waals surface area contributed by atoms with Crippen LogP contribution in [0.15, 0.2) is 0 Å². The van der Waals surface area contributed by atoms with Gasteiger partial charge in [-0.05, 0) is 13.6 Å². The number of ether oxygens (including phenoxy) is 1. The van der Waals surface area contributed by atoms with E-state index in [-0.39, 0.29) is 36.8 Å². The van der Waals surface area contributed by atoms with Crippen molar-refractivity contribution in [3.05, 3.63) is 0 Å². The smallest absolute Gasteiger partial charge is 0.239 e. The molecule has 1 aliphatic rings. The molecule has 0 radical (unpaired) electrons. The summed E-state index contributed by atoms with van der Waals surface area (Å²) in [5.74, 6) is 0.0409. The molecule has 0 saturated carbocycles. The van der Waals surface area contributed by atoms with Gasteiger partial charge in [0, 0.05) is 19.6 Å². The van der Waals surface area contributed by atoms with Crippen molar-refractivity contribution in [3.63, 3.8) is 0 Å². The van der Waals surface area contributed by atoms with Gasteiger partial charge < -0.3 is 20.3 Å². The number of nitrogens with one attached hydrogen (secondary N) is 2. The van der Waals surface area contributed by atoms with E-state index < -0.39 is 0 Å². The van der Waals surface area contributed by atoms with Crippen LogP contribution in [0.3, 0.4) is 0 Å². The van der Waals surface area contributed by atoms with Crippen LogP contribution < -0.4 is 10.6 Å². The molecule has 1 fully saturated rings. The summed E-state index contributed by atoms with van der Waals surface area (Å²) in [5.41, 5.74) is 0. The number of nitrogens with zero attached hydrogens (tertiary/aromatic N) is 1. The predicted octanol–water partition coefficient (Wildman–Crippen LogP) is -0.114. The Morgan fingerprint density at radius 2 is 2.24 bits per heavy atom. The molecule has 5 nitrogen and oxygen atoms in total. The van der Waals surface area contributed by atoms with Gasteiger partial charge in [-0.1, -0.05) is 6.92 Å². The third-order valence-corrected chi connectivity index (χ3v) is 2.57. The largest absolute Gasteiger partial charge is 0.378 e. The molecule has 1 saturated heterocycles. The first-order chi connectivity index (χ1) is 7.24. The molecule has 0 aromatic rings. The summed E-state index contributed by atoms with van der Waals surface area (Å²) in [5, 5.41) is 6.01. The van der Waals surface area contributed by atoms with Crippen LogP contribution in [-0.4, -0.2) is 63.3 Å². The average molecular weight is 288 g/mol. The first-order valence-electron chi connectivity index (χ1n) is 5.51. The van der Waals surface area contributed by atoms with E-state index in [4.69, 9.17) is 4.74 Å². The molecule has 7 heteroatoms. The van der Waals surface area contributed by atoms with Crippen molar-refractivity contribution in [3.8, 4) is 0 Å². The molecule has 17 heavy (non-hydrogen) atoms. The Bertz CT molecular complexity index is 202. The highest BCUT2D eigenvalue weighted by Crippen LogP contribution is 1.92. The first-order valence-corrected chi connectivity index (χ1v) is 5.51. The fraction of sp³-hybridized carbons (Fsp3) is 0.900. The van der Waals surface area contributed by atoms with Gasteiger partial charge in [0.05, 0.1) is 13.2 Å². The number of morpholine rings is 1. The number of rotatable bonds is 5. The van der Waals surface area contributed by atoms with Crippen molar-refractivity contribution in [1.29, 1.82) is 0 Å². The third kappa shape index (κ3) is 7.78. The van der Waals surface area contributed by atoms with E-state index in [1.165, 1.54) is 0 Å². The Balaban J connectivity index is 0. The molecule has 0 bridgehead atoms. The SMILES string of the molecule is CCN(C)CCNC(=O)C1COCCN1.Cl.Cl. The van der Waals surface area contributed by atoms with Crippen LogP contribution in [0, 0.1) is 0 Å².